The van der Waals surface area contributed by atoms with Gasteiger partial charge in [0.05, 0.1) is 5.92 Å². The molecule has 98 valence electrons. The van der Waals surface area contributed by atoms with Gasteiger partial charge in [-0.15, -0.1) is 13.2 Å². The van der Waals surface area contributed by atoms with Gasteiger partial charge in [0.1, 0.15) is 6.61 Å². The number of amides is 1. The van der Waals surface area contributed by atoms with E-state index in [2.05, 4.69) is 4.74 Å². The maximum Gasteiger partial charge on any atom is 0.523 e. The summed E-state index contributed by atoms with van der Waals surface area (Å²) in [7, 11) is 0. The number of ether oxygens (including phenoxy) is 1. The van der Waals surface area contributed by atoms with Crippen LogP contribution in [0.4, 0.5) is 13.2 Å². The Balaban J connectivity index is 2.33. The van der Waals surface area contributed by atoms with Crippen LogP contribution in [-0.2, 0) is 14.3 Å². The van der Waals surface area contributed by atoms with Crippen LogP contribution in [0.1, 0.15) is 12.8 Å². The third-order valence-corrected chi connectivity index (χ3v) is 2.56. The molecule has 17 heavy (non-hydrogen) atoms. The summed E-state index contributed by atoms with van der Waals surface area (Å²) in [6.45, 7) is -0.755. The Morgan fingerprint density at radius 3 is 2.24 bits per heavy atom. The van der Waals surface area contributed by atoms with E-state index in [-0.39, 0.29) is 25.9 Å². The minimum Gasteiger partial charge on any atom is -0.481 e. The first-order valence-corrected chi connectivity index (χ1v) is 5.01. The number of carboxylic acids is 1. The fourth-order valence-corrected chi connectivity index (χ4v) is 1.61. The lowest BCUT2D eigenvalue weighted by Crippen LogP contribution is -2.42. The molecule has 1 aliphatic heterocycles. The average Bonchev–Trinajstić information content (AvgIpc) is 2.25. The first-order chi connectivity index (χ1) is 7.79. The van der Waals surface area contributed by atoms with Gasteiger partial charge in [-0.05, 0) is 12.8 Å². The largest absolute Gasteiger partial charge is 0.523 e. The van der Waals surface area contributed by atoms with Gasteiger partial charge in [0.2, 0.25) is 5.91 Å². The topological polar surface area (TPSA) is 66.8 Å². The van der Waals surface area contributed by atoms with Gasteiger partial charge in [-0.3, -0.25) is 14.3 Å². The summed E-state index contributed by atoms with van der Waals surface area (Å²) >= 11 is 0. The van der Waals surface area contributed by atoms with Crippen molar-refractivity contribution >= 4 is 11.9 Å². The molecule has 0 radical (unpaired) electrons. The smallest absolute Gasteiger partial charge is 0.481 e. The molecule has 1 fully saturated rings. The summed E-state index contributed by atoms with van der Waals surface area (Å²) < 4.78 is 38.5. The Bertz CT molecular complexity index is 297. The van der Waals surface area contributed by atoms with Crippen LogP contribution in [0.3, 0.4) is 0 Å². The van der Waals surface area contributed by atoms with E-state index in [1.807, 2.05) is 0 Å². The van der Waals surface area contributed by atoms with E-state index in [4.69, 9.17) is 5.11 Å². The van der Waals surface area contributed by atoms with Gasteiger partial charge in [0.15, 0.2) is 0 Å². The molecule has 5 nitrogen and oxygen atoms in total. The second-order valence-electron chi connectivity index (χ2n) is 3.73. The van der Waals surface area contributed by atoms with Crippen molar-refractivity contribution in [3.8, 4) is 0 Å². The molecule has 0 aromatic carbocycles. The Hall–Kier alpha value is -1.31. The molecule has 1 N–H and O–H groups in total. The van der Waals surface area contributed by atoms with Gasteiger partial charge in [0, 0.05) is 13.1 Å². The van der Waals surface area contributed by atoms with Crippen LogP contribution < -0.4 is 0 Å². The molecule has 0 atom stereocenters. The Morgan fingerprint density at radius 2 is 1.82 bits per heavy atom. The molecule has 0 aliphatic carbocycles. The standard InChI is InChI=1S/C9H12F3NO4/c10-9(11,12)17-5-7(14)13-3-1-6(2-4-13)8(15)16/h6H,1-5H2,(H,15,16). The maximum absolute atomic E-state index is 11.7. The number of halogens is 3. The van der Waals surface area contributed by atoms with E-state index in [0.29, 0.717) is 0 Å². The first kappa shape index (κ1) is 13.8. The van der Waals surface area contributed by atoms with Gasteiger partial charge >= 0.3 is 12.3 Å². The lowest BCUT2D eigenvalue weighted by atomic mass is 9.97. The monoisotopic (exact) mass is 255 g/mol. The quantitative estimate of drug-likeness (QED) is 0.811. The summed E-state index contributed by atoms with van der Waals surface area (Å²) in [6.07, 6.45) is -4.31. The molecule has 1 aliphatic rings. The minimum atomic E-state index is -4.82. The zero-order chi connectivity index (χ0) is 13.1. The first-order valence-electron chi connectivity index (χ1n) is 5.01. The van der Waals surface area contributed by atoms with Gasteiger partial charge in [-0.2, -0.15) is 0 Å². The van der Waals surface area contributed by atoms with Crippen LogP contribution in [0.2, 0.25) is 0 Å². The highest BCUT2D eigenvalue weighted by Gasteiger charge is 2.32. The lowest BCUT2D eigenvalue weighted by Gasteiger charge is -2.30. The van der Waals surface area contributed by atoms with E-state index in [1.54, 1.807) is 0 Å². The zero-order valence-corrected chi connectivity index (χ0v) is 8.87. The molecule has 0 bridgehead atoms. The summed E-state index contributed by atoms with van der Waals surface area (Å²) in [4.78, 5) is 23.1. The third kappa shape index (κ3) is 4.59. The number of aliphatic carboxylic acids is 1. The van der Waals surface area contributed by atoms with Crippen molar-refractivity contribution in [2.75, 3.05) is 19.7 Å². The van der Waals surface area contributed by atoms with Crippen molar-refractivity contribution < 1.29 is 32.6 Å². The van der Waals surface area contributed by atoms with Crippen LogP contribution >= 0.6 is 0 Å². The normalized spacial score (nSPS) is 18.2. The van der Waals surface area contributed by atoms with Crippen molar-refractivity contribution in [2.45, 2.75) is 19.2 Å². The summed E-state index contributed by atoms with van der Waals surface area (Å²) in [5, 5.41) is 8.70. The third-order valence-electron chi connectivity index (χ3n) is 2.56. The highest BCUT2D eigenvalue weighted by Crippen LogP contribution is 2.19. The van der Waals surface area contributed by atoms with Gasteiger partial charge in [-0.1, -0.05) is 0 Å². The number of alkyl halides is 3. The molecule has 0 unspecified atom stereocenters. The zero-order valence-electron chi connectivity index (χ0n) is 8.87. The molecule has 1 rings (SSSR count). The van der Waals surface area contributed by atoms with E-state index in [9.17, 15) is 22.8 Å². The SMILES string of the molecule is O=C(O)C1CCN(C(=O)COC(F)(F)F)CC1. The van der Waals surface area contributed by atoms with E-state index in [0.717, 1.165) is 0 Å². The molecule has 1 heterocycles. The molecule has 0 spiro atoms. The average molecular weight is 255 g/mol. The van der Waals surface area contributed by atoms with Gasteiger partial charge in [-0.25, -0.2) is 0 Å². The van der Waals surface area contributed by atoms with Crippen LogP contribution in [0.5, 0.6) is 0 Å². The molecular weight excluding hydrogens is 243 g/mol. The van der Waals surface area contributed by atoms with Crippen LogP contribution in [0, 0.1) is 5.92 Å². The Kier molecular flexibility index (Phi) is 4.33. The summed E-state index contributed by atoms with van der Waals surface area (Å²) in [5.41, 5.74) is 0. The molecular formula is C9H12F3NO4. The Labute approximate surface area is 95.1 Å². The highest BCUT2D eigenvalue weighted by molar-refractivity contribution is 5.78. The lowest BCUT2D eigenvalue weighted by molar-refractivity contribution is -0.321. The number of nitrogens with zero attached hydrogens (tertiary/aromatic N) is 1. The highest BCUT2D eigenvalue weighted by atomic mass is 19.4. The van der Waals surface area contributed by atoms with Crippen LogP contribution in [0.25, 0.3) is 0 Å². The Morgan fingerprint density at radius 1 is 1.29 bits per heavy atom. The number of piperidine rings is 1. The number of hydrogen-bond donors (Lipinski definition) is 1. The predicted octanol–water partition coefficient (Wildman–Crippen LogP) is 0.846. The summed E-state index contributed by atoms with van der Waals surface area (Å²) in [6, 6.07) is 0. The molecule has 0 aromatic heterocycles. The molecule has 1 saturated heterocycles. The number of carboxylic acid groups (broad SMARTS) is 1. The number of carbonyl (C=O) groups is 2. The van der Waals surface area contributed by atoms with E-state index < -0.39 is 30.8 Å². The number of hydrogen-bond acceptors (Lipinski definition) is 3. The number of likely N-dealkylation sites (tertiary alicyclic amines) is 1. The summed E-state index contributed by atoms with van der Waals surface area (Å²) in [5.74, 6) is -2.24. The maximum atomic E-state index is 11.7. The molecule has 8 heteroatoms. The van der Waals surface area contributed by atoms with Crippen molar-refractivity contribution in [1.29, 1.82) is 0 Å². The second-order valence-corrected chi connectivity index (χ2v) is 3.73. The van der Waals surface area contributed by atoms with E-state index in [1.165, 1.54) is 4.90 Å². The van der Waals surface area contributed by atoms with Gasteiger partial charge < -0.3 is 10.0 Å². The van der Waals surface area contributed by atoms with Crippen molar-refractivity contribution in [1.82, 2.24) is 4.90 Å². The van der Waals surface area contributed by atoms with Crippen molar-refractivity contribution in [3.05, 3.63) is 0 Å². The van der Waals surface area contributed by atoms with Crippen molar-refractivity contribution in [2.24, 2.45) is 5.92 Å². The number of rotatable bonds is 3. The van der Waals surface area contributed by atoms with Crippen LogP contribution in [0.15, 0.2) is 0 Å². The molecule has 0 saturated carbocycles. The van der Waals surface area contributed by atoms with Gasteiger partial charge in [0.25, 0.3) is 0 Å². The minimum absolute atomic E-state index is 0.150. The van der Waals surface area contributed by atoms with E-state index >= 15 is 0 Å². The second kappa shape index (κ2) is 5.35. The van der Waals surface area contributed by atoms with Crippen molar-refractivity contribution in [3.63, 3.8) is 0 Å². The fraction of sp³-hybridized carbons (Fsp3) is 0.778. The van der Waals surface area contributed by atoms with Crippen LogP contribution in [-0.4, -0.2) is 47.9 Å². The predicted molar refractivity (Wildman–Crippen MR) is 48.9 cm³/mol. The molecule has 0 aromatic rings. The number of carbonyl (C=O) groups excluding carboxylic acids is 1. The molecule has 1 amide bonds. The fourth-order valence-electron chi connectivity index (χ4n) is 1.61.